The number of carboxylic acid groups (broad SMARTS) is 1. The Kier molecular flexibility index (Phi) is 4.37. The smallest absolute Gasteiger partial charge is 0.335 e. The Morgan fingerprint density at radius 3 is 2.48 bits per heavy atom. The molecule has 0 fully saturated rings. The van der Waals surface area contributed by atoms with Crippen molar-refractivity contribution in [1.29, 1.82) is 0 Å². The van der Waals surface area contributed by atoms with Gasteiger partial charge in [-0.05, 0) is 44.5 Å². The molecule has 0 radical (unpaired) electrons. The van der Waals surface area contributed by atoms with E-state index < -0.39 is 5.97 Å². The van der Waals surface area contributed by atoms with Crippen LogP contribution in [0.1, 0.15) is 49.9 Å². The van der Waals surface area contributed by atoms with Crippen LogP contribution in [0.15, 0.2) is 23.6 Å². The van der Waals surface area contributed by atoms with Crippen molar-refractivity contribution in [3.05, 3.63) is 51.0 Å². The highest BCUT2D eigenvalue weighted by molar-refractivity contribution is 7.09. The van der Waals surface area contributed by atoms with Crippen molar-refractivity contribution in [2.24, 2.45) is 0 Å². The lowest BCUT2D eigenvalue weighted by Crippen LogP contribution is -2.26. The Hall–Kier alpha value is -2.21. The van der Waals surface area contributed by atoms with Gasteiger partial charge in [-0.15, -0.1) is 11.3 Å². The number of aromatic nitrogens is 1. The first-order valence-electron chi connectivity index (χ1n) is 6.44. The van der Waals surface area contributed by atoms with E-state index in [1.165, 1.54) is 23.5 Å². The maximum absolute atomic E-state index is 12.2. The first kappa shape index (κ1) is 15.2. The molecule has 1 unspecified atom stereocenters. The third-order valence-corrected chi connectivity index (χ3v) is 4.09. The third kappa shape index (κ3) is 3.66. The monoisotopic (exact) mass is 304 g/mol. The van der Waals surface area contributed by atoms with Crippen molar-refractivity contribution < 1.29 is 14.7 Å². The van der Waals surface area contributed by atoms with Crippen LogP contribution in [0.4, 0.5) is 0 Å². The van der Waals surface area contributed by atoms with Crippen LogP contribution in [-0.2, 0) is 0 Å². The molecule has 2 N–H and O–H groups in total. The van der Waals surface area contributed by atoms with Gasteiger partial charge in [0.15, 0.2) is 0 Å². The summed E-state index contributed by atoms with van der Waals surface area (Å²) in [6.45, 7) is 5.51. The molecule has 0 spiro atoms. The number of aromatic carboxylic acids is 1. The highest BCUT2D eigenvalue weighted by Gasteiger charge is 2.16. The Morgan fingerprint density at radius 2 is 1.90 bits per heavy atom. The molecule has 0 bridgehead atoms. The van der Waals surface area contributed by atoms with E-state index in [9.17, 15) is 9.59 Å². The van der Waals surface area contributed by atoms with Crippen molar-refractivity contribution in [2.75, 3.05) is 0 Å². The van der Waals surface area contributed by atoms with Crippen molar-refractivity contribution in [2.45, 2.75) is 26.8 Å². The summed E-state index contributed by atoms with van der Waals surface area (Å²) < 4.78 is 0. The number of aryl methyl sites for hydroxylation is 2. The number of carbonyl (C=O) groups is 2. The number of rotatable bonds is 4. The van der Waals surface area contributed by atoms with E-state index in [0.717, 1.165) is 16.3 Å². The van der Waals surface area contributed by atoms with Crippen LogP contribution in [0.2, 0.25) is 0 Å². The van der Waals surface area contributed by atoms with Crippen LogP contribution < -0.4 is 5.32 Å². The average molecular weight is 304 g/mol. The fraction of sp³-hybridized carbons (Fsp3) is 0.267. The Morgan fingerprint density at radius 1 is 1.24 bits per heavy atom. The van der Waals surface area contributed by atoms with Gasteiger partial charge in [0.25, 0.3) is 5.91 Å². The molecule has 0 saturated carbocycles. The molecule has 1 aromatic heterocycles. The maximum atomic E-state index is 12.2. The molecule has 1 heterocycles. The molecule has 2 rings (SSSR count). The van der Waals surface area contributed by atoms with E-state index in [4.69, 9.17) is 5.11 Å². The second-order valence-electron chi connectivity index (χ2n) is 4.92. The lowest BCUT2D eigenvalue weighted by Gasteiger charge is -2.12. The molecule has 6 heteroatoms. The SMILES string of the molecule is Cc1cc(C(=O)O)cc(C(=O)NC(C)c2nc(C)cs2)c1. The van der Waals surface area contributed by atoms with Crippen LogP contribution >= 0.6 is 11.3 Å². The van der Waals surface area contributed by atoms with Gasteiger partial charge >= 0.3 is 5.97 Å². The summed E-state index contributed by atoms with van der Waals surface area (Å²) in [4.78, 5) is 27.6. The van der Waals surface area contributed by atoms with E-state index in [1.807, 2.05) is 19.2 Å². The number of benzene rings is 1. The molecular formula is C15H16N2O3S. The minimum absolute atomic E-state index is 0.109. The largest absolute Gasteiger partial charge is 0.478 e. The van der Waals surface area contributed by atoms with Gasteiger partial charge in [-0.1, -0.05) is 0 Å². The number of nitrogens with zero attached hydrogens (tertiary/aromatic N) is 1. The lowest BCUT2D eigenvalue weighted by atomic mass is 10.1. The number of carbonyl (C=O) groups excluding carboxylic acids is 1. The second-order valence-corrected chi connectivity index (χ2v) is 5.80. The zero-order chi connectivity index (χ0) is 15.6. The first-order chi connectivity index (χ1) is 9.86. The van der Waals surface area contributed by atoms with Crippen LogP contribution in [0.5, 0.6) is 0 Å². The quantitative estimate of drug-likeness (QED) is 0.910. The van der Waals surface area contributed by atoms with E-state index in [2.05, 4.69) is 10.3 Å². The molecule has 0 aliphatic carbocycles. The van der Waals surface area contributed by atoms with Crippen molar-refractivity contribution in [3.63, 3.8) is 0 Å². The van der Waals surface area contributed by atoms with E-state index in [-0.39, 0.29) is 17.5 Å². The van der Waals surface area contributed by atoms with Gasteiger partial charge in [-0.25, -0.2) is 9.78 Å². The molecule has 1 amide bonds. The Labute approximate surface area is 126 Å². The summed E-state index contributed by atoms with van der Waals surface area (Å²) in [6.07, 6.45) is 0. The number of nitrogens with one attached hydrogen (secondary N) is 1. The summed E-state index contributed by atoms with van der Waals surface area (Å²) in [6, 6.07) is 4.36. The minimum atomic E-state index is -1.05. The summed E-state index contributed by atoms with van der Waals surface area (Å²) >= 11 is 1.49. The molecule has 1 atom stereocenters. The average Bonchev–Trinajstić information content (AvgIpc) is 2.84. The van der Waals surface area contributed by atoms with Gasteiger partial charge in [0.1, 0.15) is 5.01 Å². The Bertz CT molecular complexity index is 694. The normalized spacial score (nSPS) is 12.0. The predicted molar refractivity (Wildman–Crippen MR) is 80.9 cm³/mol. The molecule has 0 saturated heterocycles. The van der Waals surface area contributed by atoms with Crippen LogP contribution in [0, 0.1) is 13.8 Å². The summed E-state index contributed by atoms with van der Waals surface area (Å²) in [7, 11) is 0. The predicted octanol–water partition coefficient (Wildman–Crippen LogP) is 2.95. The van der Waals surface area contributed by atoms with E-state index in [0.29, 0.717) is 5.56 Å². The number of hydrogen-bond acceptors (Lipinski definition) is 4. The standard InChI is InChI=1S/C15H16N2O3S/c1-8-4-11(6-12(5-8)15(19)20)13(18)17-10(3)14-16-9(2)7-21-14/h4-7,10H,1-3H3,(H,17,18)(H,19,20). The summed E-state index contributed by atoms with van der Waals surface area (Å²) in [5.74, 6) is -1.35. The third-order valence-electron chi connectivity index (χ3n) is 2.94. The van der Waals surface area contributed by atoms with Crippen molar-refractivity contribution >= 4 is 23.2 Å². The molecule has 5 nitrogen and oxygen atoms in total. The van der Waals surface area contributed by atoms with Gasteiger partial charge in [-0.2, -0.15) is 0 Å². The lowest BCUT2D eigenvalue weighted by molar-refractivity contribution is 0.0696. The summed E-state index contributed by atoms with van der Waals surface area (Å²) in [5.41, 5.74) is 2.10. The highest BCUT2D eigenvalue weighted by atomic mass is 32.1. The van der Waals surface area contributed by atoms with Crippen molar-refractivity contribution in [1.82, 2.24) is 10.3 Å². The van der Waals surface area contributed by atoms with Crippen molar-refractivity contribution in [3.8, 4) is 0 Å². The second kappa shape index (κ2) is 6.05. The van der Waals surface area contributed by atoms with Gasteiger partial charge < -0.3 is 10.4 Å². The molecular weight excluding hydrogens is 288 g/mol. The molecule has 1 aromatic carbocycles. The van der Waals surface area contributed by atoms with Crippen LogP contribution in [0.25, 0.3) is 0 Å². The van der Waals surface area contributed by atoms with Gasteiger partial charge in [0.2, 0.25) is 0 Å². The number of amides is 1. The fourth-order valence-corrected chi connectivity index (χ4v) is 2.75. The Balaban J connectivity index is 2.18. The molecule has 0 aliphatic heterocycles. The van der Waals surface area contributed by atoms with Gasteiger partial charge in [0, 0.05) is 16.6 Å². The molecule has 21 heavy (non-hydrogen) atoms. The van der Waals surface area contributed by atoms with Crippen LogP contribution in [-0.4, -0.2) is 22.0 Å². The zero-order valence-corrected chi connectivity index (χ0v) is 12.8. The number of carboxylic acids is 1. The maximum Gasteiger partial charge on any atom is 0.335 e. The zero-order valence-electron chi connectivity index (χ0n) is 12.0. The topological polar surface area (TPSA) is 79.3 Å². The number of hydrogen-bond donors (Lipinski definition) is 2. The summed E-state index contributed by atoms with van der Waals surface area (Å²) in [5, 5.41) is 14.6. The van der Waals surface area contributed by atoms with Gasteiger partial charge in [0.05, 0.1) is 11.6 Å². The van der Waals surface area contributed by atoms with E-state index in [1.54, 1.807) is 13.0 Å². The fourth-order valence-electron chi connectivity index (χ4n) is 1.95. The van der Waals surface area contributed by atoms with Crippen LogP contribution in [0.3, 0.4) is 0 Å². The van der Waals surface area contributed by atoms with Gasteiger partial charge in [-0.3, -0.25) is 4.79 Å². The molecule has 2 aromatic rings. The van der Waals surface area contributed by atoms with E-state index >= 15 is 0 Å². The molecule has 110 valence electrons. The number of thiazole rings is 1. The minimum Gasteiger partial charge on any atom is -0.478 e. The molecule has 0 aliphatic rings. The highest BCUT2D eigenvalue weighted by Crippen LogP contribution is 2.18. The first-order valence-corrected chi connectivity index (χ1v) is 7.32.